The maximum atomic E-state index is 14.4. The summed E-state index contributed by atoms with van der Waals surface area (Å²) in [5.41, 5.74) is 2.72. The fraction of sp³-hybridized carbons (Fsp3) is 0.235. The zero-order chi connectivity index (χ0) is 30.8. The molecule has 0 fully saturated rings. The Labute approximate surface area is 259 Å². The SMILES string of the molecule is CCCNC(=O)[C@H](Cc1ccccc1)N(Cc1ccc(Cl)cc1)C(=O)CN(c1ccccc1C)S(=O)(=O)c1ccccc1. The lowest BCUT2D eigenvalue weighted by Gasteiger charge is -2.34. The summed E-state index contributed by atoms with van der Waals surface area (Å²) in [5, 5.41) is 3.49. The van der Waals surface area contributed by atoms with Gasteiger partial charge in [-0.2, -0.15) is 0 Å². The Bertz CT molecular complexity index is 1610. The van der Waals surface area contributed by atoms with Crippen LogP contribution in [0, 0.1) is 6.92 Å². The molecule has 0 spiro atoms. The van der Waals surface area contributed by atoms with Crippen LogP contribution in [0.1, 0.15) is 30.0 Å². The largest absolute Gasteiger partial charge is 0.354 e. The summed E-state index contributed by atoms with van der Waals surface area (Å²) in [6.45, 7) is 3.79. The minimum Gasteiger partial charge on any atom is -0.354 e. The highest BCUT2D eigenvalue weighted by atomic mass is 35.5. The van der Waals surface area contributed by atoms with Crippen LogP contribution in [0.25, 0.3) is 0 Å². The molecule has 0 aliphatic carbocycles. The van der Waals surface area contributed by atoms with Crippen molar-refractivity contribution in [1.29, 1.82) is 0 Å². The monoisotopic (exact) mass is 617 g/mol. The van der Waals surface area contributed by atoms with Crippen molar-refractivity contribution in [1.82, 2.24) is 10.2 Å². The average molecular weight is 618 g/mol. The molecule has 1 N–H and O–H groups in total. The van der Waals surface area contributed by atoms with E-state index in [-0.39, 0.29) is 23.8 Å². The van der Waals surface area contributed by atoms with E-state index in [4.69, 9.17) is 11.6 Å². The first kappa shape index (κ1) is 31.8. The van der Waals surface area contributed by atoms with Crippen LogP contribution in [0.5, 0.6) is 0 Å². The van der Waals surface area contributed by atoms with Crippen molar-refractivity contribution >= 4 is 39.1 Å². The molecule has 224 valence electrons. The fourth-order valence-corrected chi connectivity index (χ4v) is 6.41. The summed E-state index contributed by atoms with van der Waals surface area (Å²) in [6, 6.07) is 30.7. The first-order chi connectivity index (χ1) is 20.7. The van der Waals surface area contributed by atoms with Gasteiger partial charge in [0.1, 0.15) is 12.6 Å². The number of nitrogens with zero attached hydrogens (tertiary/aromatic N) is 2. The highest BCUT2D eigenvalue weighted by Gasteiger charge is 2.34. The van der Waals surface area contributed by atoms with E-state index < -0.39 is 28.5 Å². The summed E-state index contributed by atoms with van der Waals surface area (Å²) in [4.78, 5) is 29.6. The topological polar surface area (TPSA) is 86.8 Å². The molecule has 43 heavy (non-hydrogen) atoms. The van der Waals surface area contributed by atoms with Crippen molar-refractivity contribution in [3.8, 4) is 0 Å². The number of hydrogen-bond acceptors (Lipinski definition) is 4. The number of aryl methyl sites for hydroxylation is 1. The molecule has 4 aromatic carbocycles. The van der Waals surface area contributed by atoms with Crippen LogP contribution in [0.2, 0.25) is 5.02 Å². The van der Waals surface area contributed by atoms with E-state index in [0.29, 0.717) is 22.8 Å². The molecular formula is C34H36ClN3O4S. The van der Waals surface area contributed by atoms with E-state index in [2.05, 4.69) is 5.32 Å². The highest BCUT2D eigenvalue weighted by Crippen LogP contribution is 2.27. The number of carbonyl (C=O) groups excluding carboxylic acids is 2. The predicted octanol–water partition coefficient (Wildman–Crippen LogP) is 6.01. The van der Waals surface area contributed by atoms with Gasteiger partial charge in [-0.05, 0) is 60.4 Å². The van der Waals surface area contributed by atoms with Crippen LogP contribution >= 0.6 is 11.6 Å². The number of halogens is 1. The summed E-state index contributed by atoms with van der Waals surface area (Å²) < 4.78 is 29.2. The molecular weight excluding hydrogens is 582 g/mol. The fourth-order valence-electron chi connectivity index (χ4n) is 4.78. The zero-order valence-electron chi connectivity index (χ0n) is 24.3. The Morgan fingerprint density at radius 2 is 1.42 bits per heavy atom. The van der Waals surface area contributed by atoms with Crippen LogP contribution in [0.4, 0.5) is 5.69 Å². The Morgan fingerprint density at radius 1 is 0.814 bits per heavy atom. The minimum atomic E-state index is -4.13. The van der Waals surface area contributed by atoms with Crippen LogP contribution < -0.4 is 9.62 Å². The third-order valence-corrected chi connectivity index (χ3v) is 9.11. The average Bonchev–Trinajstić information content (AvgIpc) is 3.02. The van der Waals surface area contributed by atoms with Gasteiger partial charge in [0.05, 0.1) is 10.6 Å². The molecule has 4 aromatic rings. The van der Waals surface area contributed by atoms with Crippen LogP contribution in [-0.2, 0) is 32.6 Å². The molecule has 0 heterocycles. The van der Waals surface area contributed by atoms with Crippen molar-refractivity contribution in [3.05, 3.63) is 131 Å². The number of carbonyl (C=O) groups is 2. The third-order valence-electron chi connectivity index (χ3n) is 7.08. The molecule has 0 radical (unpaired) electrons. The molecule has 0 saturated carbocycles. The van der Waals surface area contributed by atoms with Crippen molar-refractivity contribution in [2.45, 2.75) is 44.2 Å². The van der Waals surface area contributed by atoms with Gasteiger partial charge < -0.3 is 10.2 Å². The molecule has 9 heteroatoms. The lowest BCUT2D eigenvalue weighted by Crippen LogP contribution is -2.53. The number of anilines is 1. The number of rotatable bonds is 13. The smallest absolute Gasteiger partial charge is 0.264 e. The highest BCUT2D eigenvalue weighted by molar-refractivity contribution is 7.92. The number of amides is 2. The molecule has 7 nitrogen and oxygen atoms in total. The Hall–Kier alpha value is -4.14. The summed E-state index contributed by atoms with van der Waals surface area (Å²) in [6.07, 6.45) is 0.983. The lowest BCUT2D eigenvalue weighted by molar-refractivity contribution is -0.140. The van der Waals surface area contributed by atoms with Gasteiger partial charge in [0.15, 0.2) is 0 Å². The normalized spacial score (nSPS) is 11.9. The molecule has 0 aliphatic heterocycles. The molecule has 0 unspecified atom stereocenters. The number of para-hydroxylation sites is 1. The van der Waals surface area contributed by atoms with Gasteiger partial charge in [-0.15, -0.1) is 0 Å². The van der Waals surface area contributed by atoms with Gasteiger partial charge >= 0.3 is 0 Å². The molecule has 2 amide bonds. The quantitative estimate of drug-likeness (QED) is 0.199. The zero-order valence-corrected chi connectivity index (χ0v) is 25.9. The van der Waals surface area contributed by atoms with E-state index in [0.717, 1.165) is 21.9 Å². The van der Waals surface area contributed by atoms with E-state index in [9.17, 15) is 18.0 Å². The molecule has 0 aliphatic rings. The van der Waals surface area contributed by atoms with Crippen LogP contribution in [-0.4, -0.2) is 44.3 Å². The molecule has 0 saturated heterocycles. The second-order valence-corrected chi connectivity index (χ2v) is 12.6. The second kappa shape index (κ2) is 14.8. The van der Waals surface area contributed by atoms with Gasteiger partial charge in [-0.3, -0.25) is 13.9 Å². The Balaban J connectivity index is 1.79. The van der Waals surface area contributed by atoms with Crippen LogP contribution in [0.3, 0.4) is 0 Å². The van der Waals surface area contributed by atoms with Gasteiger partial charge in [0.2, 0.25) is 11.8 Å². The predicted molar refractivity (Wildman–Crippen MR) is 171 cm³/mol. The number of nitrogens with one attached hydrogen (secondary N) is 1. The summed E-state index contributed by atoms with van der Waals surface area (Å²) in [5.74, 6) is -0.813. The van der Waals surface area contributed by atoms with E-state index in [1.807, 2.05) is 43.3 Å². The van der Waals surface area contributed by atoms with Crippen LogP contribution in [0.15, 0.2) is 114 Å². The lowest BCUT2D eigenvalue weighted by atomic mass is 10.0. The van der Waals surface area contributed by atoms with E-state index >= 15 is 0 Å². The molecule has 4 rings (SSSR count). The van der Waals surface area contributed by atoms with Crippen molar-refractivity contribution < 1.29 is 18.0 Å². The Morgan fingerprint density at radius 3 is 2.05 bits per heavy atom. The summed E-state index contributed by atoms with van der Waals surface area (Å²) in [7, 11) is -4.13. The van der Waals surface area contributed by atoms with Gasteiger partial charge in [-0.25, -0.2) is 8.42 Å². The maximum Gasteiger partial charge on any atom is 0.264 e. The second-order valence-electron chi connectivity index (χ2n) is 10.3. The maximum absolute atomic E-state index is 14.4. The standard InChI is InChI=1S/C34H36ClN3O4S/c1-3-22-36-34(40)32(23-27-13-6-4-7-14-27)37(24-28-18-20-29(35)21-19-28)33(39)25-38(31-17-11-10-12-26(31)2)43(41,42)30-15-8-5-9-16-30/h4-21,32H,3,22-25H2,1-2H3,(H,36,40)/t32-/m0/s1. The van der Waals surface area contributed by atoms with Crippen molar-refractivity contribution in [2.24, 2.45) is 0 Å². The number of sulfonamides is 1. The molecule has 0 aromatic heterocycles. The van der Waals surface area contributed by atoms with Gasteiger partial charge in [-0.1, -0.05) is 97.4 Å². The van der Waals surface area contributed by atoms with Gasteiger partial charge in [0.25, 0.3) is 10.0 Å². The Kier molecular flexibility index (Phi) is 11.0. The number of hydrogen-bond donors (Lipinski definition) is 1. The number of benzene rings is 4. The molecule has 0 bridgehead atoms. The first-order valence-corrected chi connectivity index (χ1v) is 16.0. The van der Waals surface area contributed by atoms with E-state index in [1.165, 1.54) is 17.0 Å². The first-order valence-electron chi connectivity index (χ1n) is 14.2. The third kappa shape index (κ3) is 8.24. The molecule has 1 atom stereocenters. The van der Waals surface area contributed by atoms with Crippen molar-refractivity contribution in [3.63, 3.8) is 0 Å². The minimum absolute atomic E-state index is 0.0665. The van der Waals surface area contributed by atoms with Crippen molar-refractivity contribution in [2.75, 3.05) is 17.4 Å². The summed E-state index contributed by atoms with van der Waals surface area (Å²) >= 11 is 6.13. The van der Waals surface area contributed by atoms with Gasteiger partial charge in [0, 0.05) is 24.5 Å². The van der Waals surface area contributed by atoms with E-state index in [1.54, 1.807) is 67.6 Å².